The van der Waals surface area contributed by atoms with Crippen molar-refractivity contribution in [3.8, 4) is 11.1 Å². The summed E-state index contributed by atoms with van der Waals surface area (Å²) in [5.74, 6) is -4.55. The summed E-state index contributed by atoms with van der Waals surface area (Å²) in [6.45, 7) is 0. The summed E-state index contributed by atoms with van der Waals surface area (Å²) in [5, 5.41) is 0. The van der Waals surface area contributed by atoms with Crippen molar-refractivity contribution in [3.05, 3.63) is 124 Å². The first-order chi connectivity index (χ1) is 18.9. The standard InChI is InChI=1S/C32H20BrNO5/c33-21-14-16-22(17-15-21)34-30(37)25-26(31(34)38)32(28(35)23-8-4-5-9-24(23)29(32)36)39-27(25)20-12-10-19(11-13-20)18-6-2-1-3-7-18/h1-17,25-27H/t25-,26-,27+/m0/s1. The molecule has 0 unspecified atom stereocenters. The molecule has 0 saturated carbocycles. The largest absolute Gasteiger partial charge is 0.349 e. The Kier molecular flexibility index (Phi) is 5.30. The van der Waals surface area contributed by atoms with Crippen molar-refractivity contribution < 1.29 is 23.9 Å². The third-order valence-corrected chi connectivity index (χ3v) is 8.48. The van der Waals surface area contributed by atoms with Gasteiger partial charge in [0.2, 0.25) is 29.0 Å². The lowest BCUT2D eigenvalue weighted by Gasteiger charge is -2.27. The third-order valence-electron chi connectivity index (χ3n) is 7.95. The normalized spacial score (nSPS) is 23.0. The van der Waals surface area contributed by atoms with Gasteiger partial charge in [0.05, 0.1) is 23.6 Å². The second-order valence-electron chi connectivity index (χ2n) is 9.96. The van der Waals surface area contributed by atoms with Crippen LogP contribution in [-0.4, -0.2) is 29.0 Å². The lowest BCUT2D eigenvalue weighted by atomic mass is 9.77. The number of ether oxygens (including phenoxy) is 1. The Bertz CT molecular complexity index is 1650. The molecular weight excluding hydrogens is 558 g/mol. The van der Waals surface area contributed by atoms with E-state index in [1.165, 1.54) is 0 Å². The Labute approximate surface area is 232 Å². The number of nitrogens with zero attached hydrogens (tertiary/aromatic N) is 1. The minimum Gasteiger partial charge on any atom is -0.349 e. The zero-order valence-electron chi connectivity index (χ0n) is 20.4. The highest BCUT2D eigenvalue weighted by Crippen LogP contribution is 2.57. The topological polar surface area (TPSA) is 80.8 Å². The van der Waals surface area contributed by atoms with Gasteiger partial charge in [0, 0.05) is 15.6 Å². The van der Waals surface area contributed by atoms with Crippen LogP contribution in [0, 0.1) is 11.8 Å². The summed E-state index contributed by atoms with van der Waals surface area (Å²) in [6, 6.07) is 30.6. The van der Waals surface area contributed by atoms with Crippen molar-refractivity contribution in [2.24, 2.45) is 11.8 Å². The lowest BCUT2D eigenvalue weighted by molar-refractivity contribution is -0.127. The number of amides is 2. The van der Waals surface area contributed by atoms with Crippen LogP contribution in [0.5, 0.6) is 0 Å². The average Bonchev–Trinajstić information content (AvgIpc) is 3.54. The Balaban J connectivity index is 1.36. The molecule has 0 bridgehead atoms. The summed E-state index contributed by atoms with van der Waals surface area (Å²) in [5.41, 5.74) is 1.33. The van der Waals surface area contributed by atoms with Crippen molar-refractivity contribution in [1.82, 2.24) is 0 Å². The first kappa shape index (κ1) is 23.9. The van der Waals surface area contributed by atoms with E-state index in [9.17, 15) is 19.2 Å². The van der Waals surface area contributed by atoms with Crippen LogP contribution in [0.25, 0.3) is 11.1 Å². The number of halogens is 1. The van der Waals surface area contributed by atoms with Crippen molar-refractivity contribution in [3.63, 3.8) is 0 Å². The second-order valence-corrected chi connectivity index (χ2v) is 10.9. The average molecular weight is 578 g/mol. The highest BCUT2D eigenvalue weighted by atomic mass is 79.9. The fraction of sp³-hybridized carbons (Fsp3) is 0.125. The van der Waals surface area contributed by atoms with Gasteiger partial charge in [-0.3, -0.25) is 19.2 Å². The Hall–Kier alpha value is -4.20. The predicted octanol–water partition coefficient (Wildman–Crippen LogP) is 5.81. The van der Waals surface area contributed by atoms with Gasteiger partial charge in [-0.1, -0.05) is 94.8 Å². The summed E-state index contributed by atoms with van der Waals surface area (Å²) >= 11 is 3.38. The molecule has 7 rings (SSSR count). The number of ketones is 2. The third kappa shape index (κ3) is 3.30. The molecule has 3 aliphatic rings. The molecule has 7 heteroatoms. The fourth-order valence-corrected chi connectivity index (χ4v) is 6.42. The van der Waals surface area contributed by atoms with E-state index in [2.05, 4.69) is 15.9 Å². The van der Waals surface area contributed by atoms with Crippen molar-refractivity contribution >= 4 is 45.0 Å². The molecule has 2 aliphatic heterocycles. The van der Waals surface area contributed by atoms with Gasteiger partial charge in [0.15, 0.2) is 0 Å². The number of hydrogen-bond acceptors (Lipinski definition) is 5. The molecule has 2 fully saturated rings. The van der Waals surface area contributed by atoms with Gasteiger partial charge in [0.1, 0.15) is 0 Å². The second kappa shape index (κ2) is 8.66. The predicted molar refractivity (Wildman–Crippen MR) is 147 cm³/mol. The maximum atomic E-state index is 14.0. The number of carbonyl (C=O) groups is 4. The number of Topliss-reactive ketones (excluding diaryl/α,β-unsaturated/α-hetero) is 2. The number of hydrogen-bond donors (Lipinski definition) is 0. The molecule has 2 heterocycles. The van der Waals surface area contributed by atoms with E-state index in [-0.39, 0.29) is 11.1 Å². The van der Waals surface area contributed by atoms with Crippen LogP contribution >= 0.6 is 15.9 Å². The van der Waals surface area contributed by atoms with Crippen LogP contribution in [0.4, 0.5) is 5.69 Å². The van der Waals surface area contributed by atoms with Crippen molar-refractivity contribution in [2.45, 2.75) is 11.7 Å². The number of imide groups is 1. The lowest BCUT2D eigenvalue weighted by Crippen LogP contribution is -2.51. The summed E-state index contributed by atoms with van der Waals surface area (Å²) in [6.07, 6.45) is -0.959. The van der Waals surface area contributed by atoms with Crippen LogP contribution in [0.1, 0.15) is 32.4 Å². The quantitative estimate of drug-likeness (QED) is 0.227. The van der Waals surface area contributed by atoms with Crippen molar-refractivity contribution in [1.29, 1.82) is 0 Å². The van der Waals surface area contributed by atoms with Gasteiger partial charge in [-0.25, -0.2) is 4.90 Å². The SMILES string of the molecule is O=C1[C@@H]2[C@@H](c3ccc(-c4ccccc4)cc3)OC3(C(=O)c4ccccc4C3=O)[C@@H]2C(=O)N1c1ccc(Br)cc1. The molecule has 0 N–H and O–H groups in total. The van der Waals surface area contributed by atoms with E-state index in [4.69, 9.17) is 4.74 Å². The van der Waals surface area contributed by atoms with E-state index in [1.807, 2.05) is 54.6 Å². The molecule has 4 aromatic rings. The molecule has 2 amide bonds. The van der Waals surface area contributed by atoms with Crippen LogP contribution in [0.15, 0.2) is 108 Å². The van der Waals surface area contributed by atoms with Crippen molar-refractivity contribution in [2.75, 3.05) is 4.90 Å². The molecule has 1 aliphatic carbocycles. The van der Waals surface area contributed by atoms with Gasteiger partial charge < -0.3 is 4.74 Å². The van der Waals surface area contributed by atoms with Crippen LogP contribution in [0.2, 0.25) is 0 Å². The Morgan fingerprint density at radius 3 is 1.82 bits per heavy atom. The number of benzene rings is 4. The molecule has 2 saturated heterocycles. The summed E-state index contributed by atoms with van der Waals surface area (Å²) in [4.78, 5) is 56.9. The number of rotatable bonds is 3. The first-order valence-electron chi connectivity index (χ1n) is 12.6. The van der Waals surface area contributed by atoms with Gasteiger partial charge in [-0.15, -0.1) is 0 Å². The molecule has 190 valence electrons. The van der Waals surface area contributed by atoms with E-state index < -0.39 is 46.9 Å². The number of fused-ring (bicyclic) bond motifs is 3. The van der Waals surface area contributed by atoms with Gasteiger partial charge in [-0.2, -0.15) is 0 Å². The molecular formula is C32H20BrNO5. The van der Waals surface area contributed by atoms with Gasteiger partial charge in [0.25, 0.3) is 0 Å². The van der Waals surface area contributed by atoms with E-state index in [0.29, 0.717) is 11.3 Å². The van der Waals surface area contributed by atoms with Gasteiger partial charge in [-0.05, 0) is 41.0 Å². The highest BCUT2D eigenvalue weighted by molar-refractivity contribution is 9.10. The molecule has 0 aromatic heterocycles. The fourth-order valence-electron chi connectivity index (χ4n) is 6.16. The minimum atomic E-state index is -2.09. The number of anilines is 1. The maximum Gasteiger partial charge on any atom is 0.241 e. The monoisotopic (exact) mass is 577 g/mol. The summed E-state index contributed by atoms with van der Waals surface area (Å²) in [7, 11) is 0. The van der Waals surface area contributed by atoms with Crippen LogP contribution < -0.4 is 4.90 Å². The molecule has 0 radical (unpaired) electrons. The molecule has 6 nitrogen and oxygen atoms in total. The molecule has 1 spiro atoms. The smallest absolute Gasteiger partial charge is 0.241 e. The molecule has 39 heavy (non-hydrogen) atoms. The Morgan fingerprint density at radius 2 is 1.21 bits per heavy atom. The van der Waals surface area contributed by atoms with E-state index in [1.54, 1.807) is 48.5 Å². The van der Waals surface area contributed by atoms with E-state index in [0.717, 1.165) is 20.5 Å². The molecule has 4 aromatic carbocycles. The zero-order valence-corrected chi connectivity index (χ0v) is 22.0. The van der Waals surface area contributed by atoms with Crippen LogP contribution in [-0.2, 0) is 14.3 Å². The maximum absolute atomic E-state index is 14.0. The van der Waals surface area contributed by atoms with Gasteiger partial charge >= 0.3 is 0 Å². The Morgan fingerprint density at radius 1 is 0.641 bits per heavy atom. The first-order valence-corrected chi connectivity index (χ1v) is 13.4. The number of carbonyl (C=O) groups excluding carboxylic acids is 4. The summed E-state index contributed by atoms with van der Waals surface area (Å²) < 4.78 is 7.17. The van der Waals surface area contributed by atoms with Crippen LogP contribution in [0.3, 0.4) is 0 Å². The molecule has 3 atom stereocenters. The highest BCUT2D eigenvalue weighted by Gasteiger charge is 2.74. The van der Waals surface area contributed by atoms with E-state index >= 15 is 0 Å². The zero-order chi connectivity index (χ0) is 26.9. The minimum absolute atomic E-state index is 0.212.